The molecule has 1 spiro atoms. The van der Waals surface area contributed by atoms with E-state index in [0.717, 1.165) is 50.2 Å². The fourth-order valence-electron chi connectivity index (χ4n) is 6.72. The highest BCUT2D eigenvalue weighted by molar-refractivity contribution is 7.85. The molecule has 2 saturated carbocycles. The molecule has 0 aromatic heterocycles. The molecule has 5 rings (SSSR count). The van der Waals surface area contributed by atoms with Crippen molar-refractivity contribution in [3.05, 3.63) is 28.8 Å². The Kier molecular flexibility index (Phi) is 4.51. The maximum atomic E-state index is 12.2. The lowest BCUT2D eigenvalue weighted by Crippen LogP contribution is -2.41. The Morgan fingerprint density at radius 1 is 1.26 bits per heavy atom. The molecule has 4 atom stereocenters. The van der Waals surface area contributed by atoms with Gasteiger partial charge in [-0.1, -0.05) is 12.5 Å². The zero-order valence-corrected chi connectivity index (χ0v) is 19.0. The number of ether oxygens (including phenoxy) is 1. The quantitative estimate of drug-likeness (QED) is 0.719. The van der Waals surface area contributed by atoms with Crippen molar-refractivity contribution in [3.63, 3.8) is 0 Å². The van der Waals surface area contributed by atoms with Crippen LogP contribution in [0.25, 0.3) is 5.57 Å². The highest BCUT2D eigenvalue weighted by Gasteiger charge is 2.74. The van der Waals surface area contributed by atoms with Gasteiger partial charge in [0.1, 0.15) is 0 Å². The van der Waals surface area contributed by atoms with Crippen LogP contribution in [0.4, 0.5) is 0 Å². The molecular weight excluding hydrogens is 418 g/mol. The molecule has 8 heteroatoms. The first kappa shape index (κ1) is 20.8. The third-order valence-corrected chi connectivity index (χ3v) is 9.01. The number of benzene rings is 1. The first-order valence-corrected chi connectivity index (χ1v) is 12.5. The van der Waals surface area contributed by atoms with E-state index in [1.807, 2.05) is 17.7 Å². The van der Waals surface area contributed by atoms with E-state index in [1.54, 1.807) is 6.07 Å². The summed E-state index contributed by atoms with van der Waals surface area (Å²) in [7, 11) is -4.27. The lowest BCUT2D eigenvalue weighted by Gasteiger charge is -2.46. The van der Waals surface area contributed by atoms with Crippen molar-refractivity contribution < 1.29 is 27.2 Å². The molecule has 31 heavy (non-hydrogen) atoms. The number of carbonyl (C=O) groups excluding carboxylic acids is 1. The molecule has 2 unspecified atom stereocenters. The van der Waals surface area contributed by atoms with Crippen LogP contribution in [0.5, 0.6) is 11.5 Å². The lowest BCUT2D eigenvalue weighted by atomic mass is 9.59. The van der Waals surface area contributed by atoms with E-state index >= 15 is 0 Å². The molecule has 168 valence electrons. The molecule has 0 saturated heterocycles. The number of hydrogen-bond donors (Lipinski definition) is 2. The molecule has 2 N–H and O–H groups in total. The third-order valence-electron chi connectivity index (χ3n) is 8.07. The van der Waals surface area contributed by atoms with E-state index in [2.05, 4.69) is 6.92 Å². The van der Waals surface area contributed by atoms with Crippen molar-refractivity contribution in [2.75, 3.05) is 6.61 Å². The summed E-state index contributed by atoms with van der Waals surface area (Å²) in [5, 5.41) is 10.7. The van der Waals surface area contributed by atoms with E-state index in [9.17, 15) is 18.3 Å². The van der Waals surface area contributed by atoms with Gasteiger partial charge in [0.15, 0.2) is 11.5 Å². The van der Waals surface area contributed by atoms with Crippen LogP contribution >= 0.6 is 0 Å². The molecule has 0 radical (unpaired) electrons. The SMILES string of the molecule is CCOc1cc2c(cc1OS(=O)(=O)NC(C)=O)CCC1=C2CC[C@]2(C)[C@H](O)CC3CC132. The topological polar surface area (TPSA) is 102 Å². The van der Waals surface area contributed by atoms with Crippen molar-refractivity contribution in [1.82, 2.24) is 4.72 Å². The molecule has 2 fully saturated rings. The summed E-state index contributed by atoms with van der Waals surface area (Å²) in [5.74, 6) is 0.315. The lowest BCUT2D eigenvalue weighted by molar-refractivity contribution is -0.117. The molecular formula is C23H29NO6S. The first-order valence-electron chi connectivity index (χ1n) is 11.0. The van der Waals surface area contributed by atoms with Crippen LogP contribution in [-0.2, 0) is 21.5 Å². The zero-order valence-electron chi connectivity index (χ0n) is 18.2. The van der Waals surface area contributed by atoms with Crippen LogP contribution in [0.15, 0.2) is 17.7 Å². The van der Waals surface area contributed by atoms with Crippen molar-refractivity contribution in [3.8, 4) is 11.5 Å². The summed E-state index contributed by atoms with van der Waals surface area (Å²) in [6.45, 7) is 5.57. The van der Waals surface area contributed by atoms with Crippen LogP contribution < -0.4 is 13.6 Å². The van der Waals surface area contributed by atoms with E-state index in [0.29, 0.717) is 18.3 Å². The molecule has 4 aliphatic rings. The van der Waals surface area contributed by atoms with E-state index < -0.39 is 16.2 Å². The Balaban J connectivity index is 1.57. The summed E-state index contributed by atoms with van der Waals surface area (Å²) in [5.41, 5.74) is 5.08. The van der Waals surface area contributed by atoms with Gasteiger partial charge in [-0.25, -0.2) is 4.72 Å². The molecule has 1 amide bonds. The van der Waals surface area contributed by atoms with Gasteiger partial charge in [-0.2, -0.15) is 8.42 Å². The summed E-state index contributed by atoms with van der Waals surface area (Å²) in [4.78, 5) is 11.2. The van der Waals surface area contributed by atoms with Gasteiger partial charge < -0.3 is 14.0 Å². The second-order valence-corrected chi connectivity index (χ2v) is 10.9. The summed E-state index contributed by atoms with van der Waals surface area (Å²) >= 11 is 0. The fourth-order valence-corrected chi connectivity index (χ4v) is 7.48. The van der Waals surface area contributed by atoms with Gasteiger partial charge in [0.25, 0.3) is 0 Å². The number of rotatable bonds is 5. The largest absolute Gasteiger partial charge is 0.490 e. The van der Waals surface area contributed by atoms with E-state index in [1.165, 1.54) is 17.6 Å². The minimum absolute atomic E-state index is 0.0355. The van der Waals surface area contributed by atoms with Gasteiger partial charge in [-0.15, -0.1) is 0 Å². The number of aliphatic hydroxyl groups excluding tert-OH is 1. The second-order valence-electron chi connectivity index (χ2n) is 9.58. The summed E-state index contributed by atoms with van der Waals surface area (Å²) in [6.07, 6.45) is 5.42. The van der Waals surface area contributed by atoms with Crippen molar-refractivity contribution in [1.29, 1.82) is 0 Å². The van der Waals surface area contributed by atoms with Gasteiger partial charge in [-0.05, 0) is 80.2 Å². The Morgan fingerprint density at radius 3 is 2.74 bits per heavy atom. The summed E-state index contributed by atoms with van der Waals surface area (Å²) < 4.78 is 37.1. The predicted molar refractivity (Wildman–Crippen MR) is 115 cm³/mol. The average Bonchev–Trinajstić information content (AvgIpc) is 3.33. The Hall–Kier alpha value is -2.06. The van der Waals surface area contributed by atoms with Crippen molar-refractivity contribution >= 4 is 21.8 Å². The smallest absolute Gasteiger partial charge is 0.409 e. The summed E-state index contributed by atoms with van der Waals surface area (Å²) in [6, 6.07) is 3.64. The predicted octanol–water partition coefficient (Wildman–Crippen LogP) is 3.12. The standard InChI is InChI=1S/C23H29NO6S/c1-4-29-19-11-17-14(9-20(19)30-31(27,28)24-13(2)25)5-6-18-16(17)7-8-22(3)21(26)10-15-12-23(15,18)22/h9,11,15,21,26H,4-8,10,12H2,1-3H3,(H,24,25)/t15?,21-,22-,23?/m1/s1. The van der Waals surface area contributed by atoms with Crippen LogP contribution in [0.3, 0.4) is 0 Å². The highest BCUT2D eigenvalue weighted by atomic mass is 32.2. The van der Waals surface area contributed by atoms with Gasteiger partial charge in [-0.3, -0.25) is 4.79 Å². The third kappa shape index (κ3) is 2.94. The number of nitrogens with one attached hydrogen (secondary N) is 1. The van der Waals surface area contributed by atoms with Gasteiger partial charge in [0.2, 0.25) is 5.91 Å². The van der Waals surface area contributed by atoms with E-state index in [-0.39, 0.29) is 22.7 Å². The van der Waals surface area contributed by atoms with Crippen LogP contribution in [0, 0.1) is 16.7 Å². The van der Waals surface area contributed by atoms with E-state index in [4.69, 9.17) is 8.92 Å². The maximum absolute atomic E-state index is 12.2. The Bertz CT molecular complexity index is 1110. The Labute approximate surface area is 183 Å². The number of hydrogen-bond acceptors (Lipinski definition) is 6. The number of aliphatic hydroxyl groups is 1. The van der Waals surface area contributed by atoms with Crippen LogP contribution in [0.1, 0.15) is 64.0 Å². The minimum atomic E-state index is -4.27. The second kappa shape index (κ2) is 6.72. The Morgan fingerprint density at radius 2 is 2.03 bits per heavy atom. The minimum Gasteiger partial charge on any atom is -0.490 e. The van der Waals surface area contributed by atoms with Crippen molar-refractivity contribution in [2.45, 2.75) is 65.4 Å². The number of allylic oxidation sites excluding steroid dienone is 2. The normalized spacial score (nSPS) is 33.0. The molecule has 1 aromatic carbocycles. The van der Waals surface area contributed by atoms with Crippen molar-refractivity contribution in [2.24, 2.45) is 16.7 Å². The molecule has 1 aromatic rings. The molecule has 0 heterocycles. The number of aryl methyl sites for hydroxylation is 1. The fraction of sp³-hybridized carbons (Fsp3) is 0.609. The molecule has 7 nitrogen and oxygen atoms in total. The number of fused-ring (bicyclic) bond motifs is 2. The molecule has 4 aliphatic carbocycles. The van der Waals surface area contributed by atoms with Gasteiger partial charge in [0, 0.05) is 17.8 Å². The average molecular weight is 448 g/mol. The van der Waals surface area contributed by atoms with Crippen LogP contribution in [0.2, 0.25) is 0 Å². The van der Waals surface area contributed by atoms with Gasteiger partial charge >= 0.3 is 10.3 Å². The molecule has 0 bridgehead atoms. The zero-order chi connectivity index (χ0) is 22.2. The van der Waals surface area contributed by atoms with Gasteiger partial charge in [0.05, 0.1) is 12.7 Å². The number of amides is 1. The number of carbonyl (C=O) groups is 1. The first-order chi connectivity index (χ1) is 14.6. The maximum Gasteiger partial charge on any atom is 0.409 e. The van der Waals surface area contributed by atoms with Crippen LogP contribution in [-0.4, -0.2) is 32.1 Å². The highest BCUT2D eigenvalue weighted by Crippen LogP contribution is 2.80. The molecule has 0 aliphatic heterocycles. The monoisotopic (exact) mass is 447 g/mol.